The Kier molecular flexibility index (Phi) is 6.65. The fraction of sp³-hybridized carbons (Fsp3) is 0.455. The van der Waals surface area contributed by atoms with Crippen LogP contribution in [0.15, 0.2) is 42.5 Å². The van der Waals surface area contributed by atoms with Crippen molar-refractivity contribution in [3.8, 4) is 0 Å². The summed E-state index contributed by atoms with van der Waals surface area (Å²) in [4.78, 5) is 27.2. The predicted molar refractivity (Wildman–Crippen MR) is 112 cm³/mol. The van der Waals surface area contributed by atoms with Gasteiger partial charge in [-0.3, -0.25) is 9.59 Å². The highest BCUT2D eigenvalue weighted by molar-refractivity contribution is 5.96. The second-order valence-electron chi connectivity index (χ2n) is 8.08. The van der Waals surface area contributed by atoms with Crippen molar-refractivity contribution in [1.82, 2.24) is 5.32 Å². The van der Waals surface area contributed by atoms with Gasteiger partial charge in [-0.15, -0.1) is 0 Å². The van der Waals surface area contributed by atoms with E-state index in [0.29, 0.717) is 6.54 Å². The highest BCUT2D eigenvalue weighted by Crippen LogP contribution is 2.18. The molecule has 4 N–H and O–H groups in total. The van der Waals surface area contributed by atoms with Crippen molar-refractivity contribution < 1.29 is 19.4 Å². The molecule has 6 nitrogen and oxygen atoms in total. The Morgan fingerprint density at radius 1 is 0.964 bits per heavy atom. The van der Waals surface area contributed by atoms with Crippen molar-refractivity contribution in [2.75, 3.05) is 38.0 Å². The van der Waals surface area contributed by atoms with Gasteiger partial charge in [0.2, 0.25) is 0 Å². The molecule has 150 valence electrons. The maximum atomic E-state index is 12.7. The summed E-state index contributed by atoms with van der Waals surface area (Å²) < 4.78 is 0. The minimum atomic E-state index is -0.113. The topological polar surface area (TPSA) is 67.1 Å². The van der Waals surface area contributed by atoms with E-state index in [1.165, 1.54) is 15.2 Å². The lowest BCUT2D eigenvalue weighted by Crippen LogP contribution is -3.30. The lowest BCUT2D eigenvalue weighted by atomic mass is 10.1. The second-order valence-corrected chi connectivity index (χ2v) is 8.08. The summed E-state index contributed by atoms with van der Waals surface area (Å²) in [5, 5.41) is 8.31. The number of nitrogens with one attached hydrogen (secondary N) is 4. The van der Waals surface area contributed by atoms with Gasteiger partial charge in [-0.2, -0.15) is 0 Å². The zero-order valence-electron chi connectivity index (χ0n) is 17.0. The molecule has 1 aliphatic rings. The van der Waals surface area contributed by atoms with Crippen LogP contribution in [-0.4, -0.2) is 56.6 Å². The van der Waals surface area contributed by atoms with Crippen LogP contribution in [0, 0.1) is 0 Å². The SMILES string of the molecule is CC(C)NC(=O)C[NH+]1CC[NH+]([C@@H](C)C(=O)Nc2ccc3ccccc3c2)CC1. The summed E-state index contributed by atoms with van der Waals surface area (Å²) in [6.45, 7) is 10.1. The van der Waals surface area contributed by atoms with Crippen molar-refractivity contribution in [2.45, 2.75) is 32.9 Å². The minimum Gasteiger partial charge on any atom is -0.349 e. The third-order valence-electron chi connectivity index (χ3n) is 5.48. The molecule has 0 aliphatic carbocycles. The summed E-state index contributed by atoms with van der Waals surface area (Å²) >= 11 is 0. The number of hydrogen-bond acceptors (Lipinski definition) is 2. The second kappa shape index (κ2) is 9.17. The molecule has 6 heteroatoms. The molecule has 1 heterocycles. The Labute approximate surface area is 166 Å². The average Bonchev–Trinajstić information content (AvgIpc) is 2.67. The molecule has 0 radical (unpaired) electrons. The Balaban J connectivity index is 1.50. The van der Waals surface area contributed by atoms with Gasteiger partial charge >= 0.3 is 0 Å². The Morgan fingerprint density at radius 2 is 1.64 bits per heavy atom. The molecule has 1 atom stereocenters. The number of rotatable bonds is 6. The molecule has 0 unspecified atom stereocenters. The number of benzene rings is 2. The van der Waals surface area contributed by atoms with E-state index in [0.717, 1.165) is 37.3 Å². The summed E-state index contributed by atoms with van der Waals surface area (Å²) in [6.07, 6.45) is 0. The Morgan fingerprint density at radius 3 is 2.32 bits per heavy atom. The first-order chi connectivity index (χ1) is 13.4. The average molecular weight is 385 g/mol. The summed E-state index contributed by atoms with van der Waals surface area (Å²) in [6, 6.07) is 14.2. The number of fused-ring (bicyclic) bond motifs is 1. The Hall–Kier alpha value is -2.44. The standard InChI is InChI=1S/C22H30N4O2/c1-16(2)23-21(27)15-25-10-12-26(13-11-25)17(3)22(28)24-20-9-8-18-6-4-5-7-19(18)14-20/h4-9,14,16-17H,10-13,15H2,1-3H3,(H,23,27)(H,24,28)/p+2/t17-/m0/s1. The van der Waals surface area contributed by atoms with Gasteiger partial charge in [0.15, 0.2) is 12.6 Å². The van der Waals surface area contributed by atoms with Gasteiger partial charge in [0, 0.05) is 11.7 Å². The van der Waals surface area contributed by atoms with E-state index in [9.17, 15) is 9.59 Å². The third kappa shape index (κ3) is 5.30. The van der Waals surface area contributed by atoms with E-state index in [1.807, 2.05) is 51.1 Å². The molecule has 1 saturated heterocycles. The van der Waals surface area contributed by atoms with Crippen molar-refractivity contribution in [1.29, 1.82) is 0 Å². The minimum absolute atomic E-state index is 0.0475. The lowest BCUT2D eigenvalue weighted by molar-refractivity contribution is -1.01. The molecule has 0 aromatic heterocycles. The number of anilines is 1. The van der Waals surface area contributed by atoms with Crippen molar-refractivity contribution in [2.24, 2.45) is 0 Å². The van der Waals surface area contributed by atoms with Crippen LogP contribution < -0.4 is 20.4 Å². The van der Waals surface area contributed by atoms with Gasteiger partial charge in [-0.25, -0.2) is 0 Å². The van der Waals surface area contributed by atoms with E-state index < -0.39 is 0 Å². The first-order valence-corrected chi connectivity index (χ1v) is 10.2. The van der Waals surface area contributed by atoms with Gasteiger partial charge in [0.1, 0.15) is 26.2 Å². The third-order valence-corrected chi connectivity index (χ3v) is 5.48. The van der Waals surface area contributed by atoms with Gasteiger partial charge in [-0.1, -0.05) is 30.3 Å². The number of amides is 2. The summed E-state index contributed by atoms with van der Waals surface area (Å²) in [7, 11) is 0. The first kappa shape index (κ1) is 20.3. The van der Waals surface area contributed by atoms with E-state index in [2.05, 4.69) is 22.8 Å². The van der Waals surface area contributed by atoms with Crippen LogP contribution in [0.3, 0.4) is 0 Å². The molecule has 2 amide bonds. The van der Waals surface area contributed by atoms with Crippen LogP contribution >= 0.6 is 0 Å². The van der Waals surface area contributed by atoms with E-state index in [-0.39, 0.29) is 23.9 Å². The molecule has 3 rings (SSSR count). The molecule has 0 spiro atoms. The summed E-state index contributed by atoms with van der Waals surface area (Å²) in [5.74, 6) is 0.154. The monoisotopic (exact) mass is 384 g/mol. The fourth-order valence-corrected chi connectivity index (χ4v) is 3.84. The van der Waals surface area contributed by atoms with Crippen molar-refractivity contribution in [3.05, 3.63) is 42.5 Å². The largest absolute Gasteiger partial charge is 0.349 e. The molecule has 2 aromatic rings. The molecule has 28 heavy (non-hydrogen) atoms. The number of carbonyl (C=O) groups excluding carboxylic acids is 2. The van der Waals surface area contributed by atoms with Gasteiger partial charge in [0.05, 0.1) is 0 Å². The molecule has 2 aromatic carbocycles. The van der Waals surface area contributed by atoms with Crippen molar-refractivity contribution >= 4 is 28.3 Å². The van der Waals surface area contributed by atoms with Crippen LogP contribution in [0.2, 0.25) is 0 Å². The normalized spacial score (nSPS) is 20.7. The van der Waals surface area contributed by atoms with E-state index in [1.54, 1.807) is 0 Å². The number of hydrogen-bond donors (Lipinski definition) is 4. The fourth-order valence-electron chi connectivity index (χ4n) is 3.84. The molecule has 1 aliphatic heterocycles. The lowest BCUT2D eigenvalue weighted by Gasteiger charge is -2.32. The van der Waals surface area contributed by atoms with Gasteiger partial charge in [-0.05, 0) is 43.7 Å². The number of piperazine rings is 1. The predicted octanol–water partition coefficient (Wildman–Crippen LogP) is -0.525. The highest BCUT2D eigenvalue weighted by Gasteiger charge is 2.31. The smallest absolute Gasteiger partial charge is 0.282 e. The molecule has 0 bridgehead atoms. The van der Waals surface area contributed by atoms with Crippen LogP contribution in [0.25, 0.3) is 10.8 Å². The maximum Gasteiger partial charge on any atom is 0.282 e. The quantitative estimate of drug-likeness (QED) is 0.541. The first-order valence-electron chi connectivity index (χ1n) is 10.2. The number of carbonyl (C=O) groups is 2. The van der Waals surface area contributed by atoms with Crippen LogP contribution in [-0.2, 0) is 9.59 Å². The zero-order valence-corrected chi connectivity index (χ0v) is 17.0. The zero-order chi connectivity index (χ0) is 20.1. The van der Waals surface area contributed by atoms with Gasteiger partial charge in [0.25, 0.3) is 11.8 Å². The van der Waals surface area contributed by atoms with E-state index >= 15 is 0 Å². The van der Waals surface area contributed by atoms with E-state index in [4.69, 9.17) is 0 Å². The van der Waals surface area contributed by atoms with Crippen LogP contribution in [0.1, 0.15) is 20.8 Å². The number of quaternary nitrogens is 2. The van der Waals surface area contributed by atoms with Gasteiger partial charge < -0.3 is 20.4 Å². The molecular weight excluding hydrogens is 352 g/mol. The molecular formula is C22H32N4O2+2. The van der Waals surface area contributed by atoms with Crippen LogP contribution in [0.5, 0.6) is 0 Å². The summed E-state index contributed by atoms with van der Waals surface area (Å²) in [5.41, 5.74) is 0.838. The molecule has 1 fully saturated rings. The maximum absolute atomic E-state index is 12.7. The highest BCUT2D eigenvalue weighted by atomic mass is 16.2. The Bertz CT molecular complexity index is 828. The van der Waals surface area contributed by atoms with Crippen LogP contribution in [0.4, 0.5) is 5.69 Å². The van der Waals surface area contributed by atoms with Crippen molar-refractivity contribution in [3.63, 3.8) is 0 Å². The molecule has 0 saturated carbocycles.